The highest BCUT2D eigenvalue weighted by atomic mass is 16.4. The van der Waals surface area contributed by atoms with Gasteiger partial charge in [-0.1, -0.05) is 6.07 Å². The van der Waals surface area contributed by atoms with E-state index in [1.165, 1.54) is 36.5 Å². The average molecular weight is 274 g/mol. The first-order valence-electron chi connectivity index (χ1n) is 5.51. The van der Waals surface area contributed by atoms with Gasteiger partial charge in [0.05, 0.1) is 5.69 Å². The van der Waals surface area contributed by atoms with Crippen LogP contribution in [0.5, 0.6) is 11.5 Å². The Morgan fingerprint density at radius 3 is 2.50 bits per heavy atom. The van der Waals surface area contributed by atoms with Gasteiger partial charge in [-0.2, -0.15) is 0 Å². The van der Waals surface area contributed by atoms with Crippen molar-refractivity contribution in [3.8, 4) is 11.5 Å². The molecule has 1 aromatic heterocycles. The highest BCUT2D eigenvalue weighted by Gasteiger charge is 2.17. The van der Waals surface area contributed by atoms with Crippen LogP contribution >= 0.6 is 0 Å². The number of aromatic nitrogens is 1. The molecule has 0 unspecified atom stereocenters. The van der Waals surface area contributed by atoms with E-state index in [-0.39, 0.29) is 22.7 Å². The molecule has 1 aromatic carbocycles. The van der Waals surface area contributed by atoms with Crippen molar-refractivity contribution in [3.63, 3.8) is 0 Å². The van der Waals surface area contributed by atoms with Crippen molar-refractivity contribution in [1.29, 1.82) is 0 Å². The summed E-state index contributed by atoms with van der Waals surface area (Å²) in [5.41, 5.74) is -0.652. The molecule has 0 aliphatic rings. The molecule has 7 nitrogen and oxygen atoms in total. The van der Waals surface area contributed by atoms with Gasteiger partial charge in [0.25, 0.3) is 5.91 Å². The molecule has 0 radical (unpaired) electrons. The molecule has 0 atom stereocenters. The first kappa shape index (κ1) is 13.3. The van der Waals surface area contributed by atoms with Gasteiger partial charge < -0.3 is 20.6 Å². The van der Waals surface area contributed by atoms with Crippen LogP contribution in [0.3, 0.4) is 0 Å². The van der Waals surface area contributed by atoms with Crippen LogP contribution in [0, 0.1) is 0 Å². The maximum atomic E-state index is 11.9. The zero-order valence-corrected chi connectivity index (χ0v) is 10.1. The minimum atomic E-state index is -1.32. The summed E-state index contributed by atoms with van der Waals surface area (Å²) < 4.78 is 0. The fourth-order valence-corrected chi connectivity index (χ4v) is 1.57. The van der Waals surface area contributed by atoms with E-state index in [1.807, 2.05) is 0 Å². The molecule has 1 amide bonds. The number of para-hydroxylation sites is 1. The van der Waals surface area contributed by atoms with Gasteiger partial charge in [0.15, 0.2) is 11.4 Å². The molecule has 2 aromatic rings. The molecule has 2 rings (SSSR count). The van der Waals surface area contributed by atoms with E-state index in [2.05, 4.69) is 10.3 Å². The van der Waals surface area contributed by atoms with Crippen molar-refractivity contribution < 1.29 is 24.9 Å². The number of benzene rings is 1. The smallest absolute Gasteiger partial charge is 0.339 e. The number of carboxylic acids is 1. The van der Waals surface area contributed by atoms with Crippen molar-refractivity contribution in [2.45, 2.75) is 0 Å². The van der Waals surface area contributed by atoms with E-state index < -0.39 is 17.6 Å². The number of aromatic carboxylic acids is 1. The van der Waals surface area contributed by atoms with Gasteiger partial charge in [0.2, 0.25) is 0 Å². The molecule has 1 heterocycles. The third-order valence-corrected chi connectivity index (χ3v) is 2.52. The number of nitrogens with one attached hydrogen (secondary N) is 1. The number of phenols is 1. The van der Waals surface area contributed by atoms with Crippen LogP contribution in [0.2, 0.25) is 0 Å². The Balaban J connectivity index is 2.32. The van der Waals surface area contributed by atoms with Crippen LogP contribution in [-0.2, 0) is 0 Å². The minimum absolute atomic E-state index is 0.0834. The maximum absolute atomic E-state index is 11.9. The van der Waals surface area contributed by atoms with Crippen LogP contribution in [0.15, 0.2) is 36.5 Å². The molecule has 0 aliphatic heterocycles. The van der Waals surface area contributed by atoms with Gasteiger partial charge in [-0.15, -0.1) is 0 Å². The third kappa shape index (κ3) is 2.51. The van der Waals surface area contributed by atoms with E-state index in [4.69, 9.17) is 5.11 Å². The summed E-state index contributed by atoms with van der Waals surface area (Å²) >= 11 is 0. The van der Waals surface area contributed by atoms with Crippen LogP contribution in [0.1, 0.15) is 20.8 Å². The van der Waals surface area contributed by atoms with Gasteiger partial charge >= 0.3 is 5.97 Å². The van der Waals surface area contributed by atoms with Gasteiger partial charge in [-0.05, 0) is 24.3 Å². The third-order valence-electron chi connectivity index (χ3n) is 2.52. The largest absolute Gasteiger partial charge is 0.505 e. The number of anilines is 1. The van der Waals surface area contributed by atoms with Crippen molar-refractivity contribution >= 4 is 17.6 Å². The number of carbonyl (C=O) groups excluding carboxylic acids is 1. The SMILES string of the molecule is O=C(O)c1cccc(NC(=O)c2ncccc2O)c1O. The normalized spacial score (nSPS) is 10.0. The Hall–Kier alpha value is -3.09. The Morgan fingerprint density at radius 1 is 1.10 bits per heavy atom. The summed E-state index contributed by atoms with van der Waals surface area (Å²) in [5.74, 6) is -2.97. The molecule has 0 saturated heterocycles. The Bertz CT molecular complexity index is 684. The zero-order chi connectivity index (χ0) is 14.7. The van der Waals surface area contributed by atoms with Crippen molar-refractivity contribution in [2.75, 3.05) is 5.32 Å². The predicted molar refractivity (Wildman–Crippen MR) is 68.9 cm³/mol. The fourth-order valence-electron chi connectivity index (χ4n) is 1.57. The van der Waals surface area contributed by atoms with E-state index in [0.717, 1.165) is 0 Å². The first-order chi connectivity index (χ1) is 9.50. The van der Waals surface area contributed by atoms with E-state index in [0.29, 0.717) is 0 Å². The lowest BCUT2D eigenvalue weighted by Gasteiger charge is -2.09. The summed E-state index contributed by atoms with van der Waals surface area (Å²) in [6.07, 6.45) is 1.32. The Labute approximate surface area is 113 Å². The zero-order valence-electron chi connectivity index (χ0n) is 10.1. The predicted octanol–water partition coefficient (Wildman–Crippen LogP) is 1.44. The molecule has 102 valence electrons. The van der Waals surface area contributed by atoms with Crippen LogP contribution in [0.25, 0.3) is 0 Å². The first-order valence-corrected chi connectivity index (χ1v) is 5.51. The summed E-state index contributed by atoms with van der Waals surface area (Å²) in [4.78, 5) is 26.4. The molecule has 0 bridgehead atoms. The highest BCUT2D eigenvalue weighted by molar-refractivity contribution is 6.06. The van der Waals surface area contributed by atoms with Crippen LogP contribution in [-0.4, -0.2) is 32.2 Å². The topological polar surface area (TPSA) is 120 Å². The number of hydrogen-bond acceptors (Lipinski definition) is 5. The second kappa shape index (κ2) is 5.27. The van der Waals surface area contributed by atoms with Crippen molar-refractivity contribution in [2.24, 2.45) is 0 Å². The number of nitrogens with zero attached hydrogens (tertiary/aromatic N) is 1. The fraction of sp³-hybridized carbons (Fsp3) is 0. The van der Waals surface area contributed by atoms with Crippen molar-refractivity contribution in [1.82, 2.24) is 4.98 Å². The number of aromatic hydroxyl groups is 2. The Kier molecular flexibility index (Phi) is 3.52. The quantitative estimate of drug-likeness (QED) is 0.629. The molecule has 4 N–H and O–H groups in total. The molecule has 20 heavy (non-hydrogen) atoms. The van der Waals surface area contributed by atoms with Gasteiger partial charge in [0, 0.05) is 6.20 Å². The number of carbonyl (C=O) groups is 2. The number of pyridine rings is 1. The average Bonchev–Trinajstić information content (AvgIpc) is 2.41. The second-order valence-corrected chi connectivity index (χ2v) is 3.83. The summed E-state index contributed by atoms with van der Waals surface area (Å²) in [6, 6.07) is 6.65. The van der Waals surface area contributed by atoms with Gasteiger partial charge in [-0.25, -0.2) is 9.78 Å². The summed E-state index contributed by atoms with van der Waals surface area (Å²) in [5, 5.41) is 30.4. The number of carboxylic acid groups (broad SMARTS) is 1. The molecule has 0 aliphatic carbocycles. The van der Waals surface area contributed by atoms with Crippen LogP contribution in [0.4, 0.5) is 5.69 Å². The molecule has 0 fully saturated rings. The monoisotopic (exact) mass is 274 g/mol. The highest BCUT2D eigenvalue weighted by Crippen LogP contribution is 2.28. The molecule has 0 spiro atoms. The van der Waals surface area contributed by atoms with Crippen molar-refractivity contribution in [3.05, 3.63) is 47.8 Å². The number of amides is 1. The minimum Gasteiger partial charge on any atom is -0.505 e. The standard InChI is InChI=1S/C13H10N2O5/c16-9-5-2-6-14-10(9)12(18)15-8-4-1-3-7(11(8)17)13(19)20/h1-6,16-17H,(H,15,18)(H,19,20). The van der Waals surface area contributed by atoms with E-state index in [9.17, 15) is 19.8 Å². The molecule has 7 heteroatoms. The Morgan fingerprint density at radius 2 is 1.85 bits per heavy atom. The number of rotatable bonds is 3. The lowest BCUT2D eigenvalue weighted by molar-refractivity contribution is 0.0693. The molecular weight excluding hydrogens is 264 g/mol. The second-order valence-electron chi connectivity index (χ2n) is 3.83. The molecule has 0 saturated carbocycles. The van der Waals surface area contributed by atoms with Gasteiger partial charge in [-0.3, -0.25) is 4.79 Å². The van der Waals surface area contributed by atoms with E-state index in [1.54, 1.807) is 0 Å². The lowest BCUT2D eigenvalue weighted by atomic mass is 10.1. The molecular formula is C13H10N2O5. The summed E-state index contributed by atoms with van der Waals surface area (Å²) in [6.45, 7) is 0. The van der Waals surface area contributed by atoms with Crippen LogP contribution < -0.4 is 5.32 Å². The number of hydrogen-bond donors (Lipinski definition) is 4. The maximum Gasteiger partial charge on any atom is 0.339 e. The lowest BCUT2D eigenvalue weighted by Crippen LogP contribution is -2.14. The van der Waals surface area contributed by atoms with E-state index >= 15 is 0 Å². The summed E-state index contributed by atoms with van der Waals surface area (Å²) in [7, 11) is 0. The van der Waals surface area contributed by atoms with Gasteiger partial charge in [0.1, 0.15) is 11.3 Å².